The van der Waals surface area contributed by atoms with E-state index < -0.39 is 0 Å². The first kappa shape index (κ1) is 11.5. The highest BCUT2D eigenvalue weighted by Crippen LogP contribution is 2.24. The fraction of sp³-hybridized carbons (Fsp3) is 0.143. The molecule has 0 amide bonds. The monoisotopic (exact) mass is 227 g/mol. The van der Waals surface area contributed by atoms with E-state index in [1.54, 1.807) is 12.1 Å². The first-order chi connectivity index (χ1) is 8.11. The van der Waals surface area contributed by atoms with Gasteiger partial charge in [-0.3, -0.25) is 0 Å². The van der Waals surface area contributed by atoms with Crippen LogP contribution in [0.2, 0.25) is 0 Å². The molecule has 3 heteroatoms. The topological polar surface area (TPSA) is 25.8 Å². The molecule has 0 spiro atoms. The van der Waals surface area contributed by atoms with E-state index in [1.165, 1.54) is 18.2 Å². The number of halogens is 1. The quantitative estimate of drug-likeness (QED) is 0.786. The molecule has 1 heterocycles. The third-order valence-corrected chi connectivity index (χ3v) is 2.53. The number of hydrogen-bond donors (Lipinski definition) is 0. The molecule has 1 radical (unpaired) electrons. The van der Waals surface area contributed by atoms with Gasteiger partial charge in [-0.05, 0) is 38.1 Å². The van der Waals surface area contributed by atoms with Crippen molar-refractivity contribution in [1.82, 2.24) is 9.97 Å². The minimum atomic E-state index is -0.269. The maximum atomic E-state index is 12.9. The summed E-state index contributed by atoms with van der Waals surface area (Å²) in [5.41, 5.74) is 3.16. The molecular formula is C14H12FN2. The van der Waals surface area contributed by atoms with Gasteiger partial charge in [0.25, 0.3) is 0 Å². The van der Waals surface area contributed by atoms with Crippen molar-refractivity contribution >= 4 is 6.08 Å². The van der Waals surface area contributed by atoms with Crippen LogP contribution in [0, 0.1) is 26.2 Å². The van der Waals surface area contributed by atoms with Crippen molar-refractivity contribution < 1.29 is 4.39 Å². The van der Waals surface area contributed by atoms with Crippen molar-refractivity contribution in [2.24, 2.45) is 0 Å². The summed E-state index contributed by atoms with van der Waals surface area (Å²) < 4.78 is 12.9. The summed E-state index contributed by atoms with van der Waals surface area (Å²) >= 11 is 0. The summed E-state index contributed by atoms with van der Waals surface area (Å²) in [4.78, 5) is 8.61. The first-order valence-electron chi connectivity index (χ1n) is 5.28. The zero-order chi connectivity index (χ0) is 12.4. The lowest BCUT2D eigenvalue weighted by Gasteiger charge is -2.09. The maximum Gasteiger partial charge on any atom is 0.126 e. The van der Waals surface area contributed by atoms with Crippen molar-refractivity contribution in [3.63, 3.8) is 0 Å². The summed E-state index contributed by atoms with van der Waals surface area (Å²) in [6, 6.07) is 6.18. The molecule has 2 nitrogen and oxygen atoms in total. The Morgan fingerprint density at radius 1 is 1.12 bits per heavy atom. The lowest BCUT2D eigenvalue weighted by atomic mass is 10.0. The summed E-state index contributed by atoms with van der Waals surface area (Å²) in [5, 5.41) is 0. The summed E-state index contributed by atoms with van der Waals surface area (Å²) in [6.07, 6.45) is 1.48. The van der Waals surface area contributed by atoms with E-state index in [0.717, 1.165) is 22.5 Å². The summed E-state index contributed by atoms with van der Waals surface area (Å²) in [7, 11) is 0. The second kappa shape index (κ2) is 4.45. The Morgan fingerprint density at radius 2 is 1.76 bits per heavy atom. The molecule has 0 saturated heterocycles. The summed E-state index contributed by atoms with van der Waals surface area (Å²) in [6.45, 7) is 9.28. The third kappa shape index (κ3) is 2.23. The molecule has 0 aliphatic carbocycles. The van der Waals surface area contributed by atoms with Gasteiger partial charge < -0.3 is 0 Å². The Morgan fingerprint density at radius 3 is 2.35 bits per heavy atom. The van der Waals surface area contributed by atoms with Crippen molar-refractivity contribution in [1.29, 1.82) is 0 Å². The van der Waals surface area contributed by atoms with E-state index in [9.17, 15) is 4.39 Å². The van der Waals surface area contributed by atoms with Gasteiger partial charge in [-0.15, -0.1) is 0 Å². The van der Waals surface area contributed by atoms with Crippen LogP contribution in [0.3, 0.4) is 0 Å². The normalized spacial score (nSPS) is 10.3. The number of benzene rings is 1. The molecular weight excluding hydrogens is 215 g/mol. The Kier molecular flexibility index (Phi) is 3.00. The van der Waals surface area contributed by atoms with Crippen LogP contribution in [0.1, 0.15) is 17.1 Å². The van der Waals surface area contributed by atoms with E-state index in [4.69, 9.17) is 6.58 Å². The van der Waals surface area contributed by atoms with Crippen LogP contribution in [0.4, 0.5) is 4.39 Å². The van der Waals surface area contributed by atoms with Crippen LogP contribution in [0.5, 0.6) is 0 Å². The van der Waals surface area contributed by atoms with Gasteiger partial charge in [0.2, 0.25) is 0 Å². The SMILES string of the molecule is [CH]=Cc1c(C)nc(C)nc1-c1ccc(F)cc1. The van der Waals surface area contributed by atoms with Gasteiger partial charge in [0.1, 0.15) is 11.6 Å². The molecule has 2 rings (SSSR count). The van der Waals surface area contributed by atoms with Crippen LogP contribution in [-0.2, 0) is 0 Å². The molecule has 0 unspecified atom stereocenters. The number of aryl methyl sites for hydroxylation is 2. The molecule has 0 fully saturated rings. The Hall–Kier alpha value is -2.03. The molecule has 85 valence electrons. The van der Waals surface area contributed by atoms with Gasteiger partial charge in [0.15, 0.2) is 0 Å². The van der Waals surface area contributed by atoms with Gasteiger partial charge in [0.05, 0.1) is 5.69 Å². The molecule has 0 bridgehead atoms. The van der Waals surface area contributed by atoms with E-state index in [2.05, 4.69) is 9.97 Å². The van der Waals surface area contributed by atoms with Gasteiger partial charge in [-0.2, -0.15) is 0 Å². The van der Waals surface area contributed by atoms with Gasteiger partial charge >= 0.3 is 0 Å². The highest BCUT2D eigenvalue weighted by molar-refractivity contribution is 5.72. The van der Waals surface area contributed by atoms with E-state index in [-0.39, 0.29) is 5.82 Å². The van der Waals surface area contributed by atoms with Crippen LogP contribution in [-0.4, -0.2) is 9.97 Å². The van der Waals surface area contributed by atoms with E-state index >= 15 is 0 Å². The zero-order valence-corrected chi connectivity index (χ0v) is 9.74. The van der Waals surface area contributed by atoms with Crippen molar-refractivity contribution in [2.45, 2.75) is 13.8 Å². The second-order valence-electron chi connectivity index (χ2n) is 3.79. The third-order valence-electron chi connectivity index (χ3n) is 2.53. The molecule has 1 aromatic heterocycles. The van der Waals surface area contributed by atoms with Crippen LogP contribution in [0.15, 0.2) is 24.3 Å². The van der Waals surface area contributed by atoms with Gasteiger partial charge in [-0.25, -0.2) is 14.4 Å². The summed E-state index contributed by atoms with van der Waals surface area (Å²) in [5.74, 6) is 0.405. The minimum Gasteiger partial charge on any atom is -0.238 e. The molecule has 0 saturated carbocycles. The smallest absolute Gasteiger partial charge is 0.126 e. The van der Waals surface area contributed by atoms with Crippen LogP contribution < -0.4 is 0 Å². The Labute approximate surface area is 99.9 Å². The number of rotatable bonds is 2. The lowest BCUT2D eigenvalue weighted by molar-refractivity contribution is 0.628. The molecule has 0 N–H and O–H groups in total. The van der Waals surface area contributed by atoms with Crippen molar-refractivity contribution in [2.75, 3.05) is 0 Å². The van der Waals surface area contributed by atoms with Crippen molar-refractivity contribution in [3.05, 3.63) is 53.7 Å². The van der Waals surface area contributed by atoms with Gasteiger partial charge in [-0.1, -0.05) is 12.7 Å². The standard InChI is InChI=1S/C14H12FN2/c1-4-13-9(2)16-10(3)17-14(13)11-5-7-12(15)8-6-11/h1,4-8H,2-3H3. The minimum absolute atomic E-state index is 0.269. The molecule has 0 aliphatic heterocycles. The highest BCUT2D eigenvalue weighted by Gasteiger charge is 2.09. The molecule has 0 aliphatic rings. The highest BCUT2D eigenvalue weighted by atomic mass is 19.1. The van der Waals surface area contributed by atoms with E-state index in [0.29, 0.717) is 5.82 Å². The fourth-order valence-corrected chi connectivity index (χ4v) is 1.75. The average Bonchev–Trinajstić information content (AvgIpc) is 2.29. The Balaban J connectivity index is 2.65. The zero-order valence-electron chi connectivity index (χ0n) is 9.74. The Bertz CT molecular complexity index is 559. The average molecular weight is 227 g/mol. The predicted molar refractivity (Wildman–Crippen MR) is 65.7 cm³/mol. The van der Waals surface area contributed by atoms with E-state index in [1.807, 2.05) is 13.8 Å². The fourth-order valence-electron chi connectivity index (χ4n) is 1.75. The van der Waals surface area contributed by atoms with Crippen molar-refractivity contribution in [3.8, 4) is 11.3 Å². The van der Waals surface area contributed by atoms with Crippen LogP contribution in [0.25, 0.3) is 17.3 Å². The number of aromatic nitrogens is 2. The second-order valence-corrected chi connectivity index (χ2v) is 3.79. The molecule has 17 heavy (non-hydrogen) atoms. The maximum absolute atomic E-state index is 12.9. The molecule has 1 aromatic carbocycles. The predicted octanol–water partition coefficient (Wildman–Crippen LogP) is 3.35. The number of hydrogen-bond acceptors (Lipinski definition) is 2. The van der Waals surface area contributed by atoms with Crippen LogP contribution >= 0.6 is 0 Å². The largest absolute Gasteiger partial charge is 0.238 e. The van der Waals surface area contributed by atoms with Gasteiger partial charge in [0, 0.05) is 16.8 Å². The first-order valence-corrected chi connectivity index (χ1v) is 5.28. The molecule has 0 atom stereocenters. The number of nitrogens with zero attached hydrogens (tertiary/aromatic N) is 2. The lowest BCUT2D eigenvalue weighted by Crippen LogP contribution is -1.99. The molecule has 2 aromatic rings.